The molecule has 170 valence electrons. The van der Waals surface area contributed by atoms with Crippen molar-refractivity contribution in [3.63, 3.8) is 0 Å². The number of aryl methyl sites for hydroxylation is 1. The number of amides is 1. The molecule has 1 fully saturated rings. The van der Waals surface area contributed by atoms with Crippen LogP contribution in [0.15, 0.2) is 46.1 Å². The number of piperidine rings is 1. The number of carbonyl (C=O) groups is 1. The summed E-state index contributed by atoms with van der Waals surface area (Å²) in [6.07, 6.45) is 3.30. The van der Waals surface area contributed by atoms with Gasteiger partial charge < -0.3 is 4.90 Å². The van der Waals surface area contributed by atoms with Gasteiger partial charge in [-0.2, -0.15) is 0 Å². The Morgan fingerprint density at radius 3 is 2.50 bits per heavy atom. The smallest absolute Gasteiger partial charge is 0.308 e. The molecule has 1 N–H and O–H groups in total. The molecule has 0 bridgehead atoms. The van der Waals surface area contributed by atoms with Gasteiger partial charge in [0.05, 0.1) is 20.8 Å². The molecule has 0 aliphatic carbocycles. The standard InChI is InChI=1S/C21H21F2N3O4S2/c22-16-6-4-14(12-17(16)23)24-32(29,30)15-5-7-18-19(13-15)31-21(28)26(18)11-8-20(27)25-9-2-1-3-10-25/h4-7,12-13,24H,1-3,8-11H2. The summed E-state index contributed by atoms with van der Waals surface area (Å²) in [5.74, 6) is -2.25. The number of rotatable bonds is 6. The van der Waals surface area contributed by atoms with Crippen LogP contribution in [0.3, 0.4) is 0 Å². The SMILES string of the molecule is O=C(CCn1c(=O)sc2cc(S(=O)(=O)Nc3ccc(F)c(F)c3)ccc21)N1CCCCC1. The first-order valence-corrected chi connectivity index (χ1v) is 12.4. The largest absolute Gasteiger partial charge is 0.343 e. The zero-order chi connectivity index (χ0) is 22.9. The molecule has 3 aromatic rings. The lowest BCUT2D eigenvalue weighted by Crippen LogP contribution is -2.36. The average molecular weight is 482 g/mol. The van der Waals surface area contributed by atoms with Crippen molar-refractivity contribution < 1.29 is 22.0 Å². The number of likely N-dealkylation sites (tertiary alicyclic amines) is 1. The molecule has 1 aromatic heterocycles. The fraction of sp³-hybridized carbons (Fsp3) is 0.333. The molecule has 4 rings (SSSR count). The molecule has 0 spiro atoms. The Kier molecular flexibility index (Phi) is 6.29. The number of benzene rings is 2. The minimum Gasteiger partial charge on any atom is -0.343 e. The molecule has 0 radical (unpaired) electrons. The molecule has 1 amide bonds. The lowest BCUT2D eigenvalue weighted by molar-refractivity contribution is -0.132. The summed E-state index contributed by atoms with van der Waals surface area (Å²) < 4.78 is 55.9. The number of nitrogens with one attached hydrogen (secondary N) is 1. The zero-order valence-electron chi connectivity index (χ0n) is 17.0. The number of thiazole rings is 1. The number of sulfonamides is 1. The predicted molar refractivity (Wildman–Crippen MR) is 118 cm³/mol. The van der Waals surface area contributed by atoms with Gasteiger partial charge in [-0.05, 0) is 49.6 Å². The predicted octanol–water partition coefficient (Wildman–Crippen LogP) is 3.54. The Morgan fingerprint density at radius 2 is 1.78 bits per heavy atom. The van der Waals surface area contributed by atoms with Crippen LogP contribution in [-0.2, 0) is 21.4 Å². The van der Waals surface area contributed by atoms with E-state index in [9.17, 15) is 26.8 Å². The molecule has 7 nitrogen and oxygen atoms in total. The maximum Gasteiger partial charge on any atom is 0.308 e. The van der Waals surface area contributed by atoms with Crippen LogP contribution in [0.1, 0.15) is 25.7 Å². The topological polar surface area (TPSA) is 88.5 Å². The van der Waals surface area contributed by atoms with Gasteiger partial charge in [0.2, 0.25) is 5.91 Å². The molecule has 11 heteroatoms. The molecular formula is C21H21F2N3O4S2. The van der Waals surface area contributed by atoms with Crippen molar-refractivity contribution in [2.24, 2.45) is 0 Å². The van der Waals surface area contributed by atoms with Crippen molar-refractivity contribution in [2.45, 2.75) is 37.1 Å². The van der Waals surface area contributed by atoms with E-state index in [0.717, 1.165) is 61.9 Å². The van der Waals surface area contributed by atoms with Crippen molar-refractivity contribution in [3.05, 3.63) is 57.7 Å². The minimum absolute atomic E-state index is 0.00544. The van der Waals surface area contributed by atoms with Crippen molar-refractivity contribution in [1.29, 1.82) is 0 Å². The van der Waals surface area contributed by atoms with E-state index >= 15 is 0 Å². The highest BCUT2D eigenvalue weighted by Crippen LogP contribution is 2.24. The van der Waals surface area contributed by atoms with E-state index < -0.39 is 21.7 Å². The molecule has 2 aromatic carbocycles. The summed E-state index contributed by atoms with van der Waals surface area (Å²) in [6.45, 7) is 1.70. The Bertz CT molecular complexity index is 1330. The highest BCUT2D eigenvalue weighted by molar-refractivity contribution is 7.92. The van der Waals surface area contributed by atoms with Crippen molar-refractivity contribution in [2.75, 3.05) is 17.8 Å². The number of hydrogen-bond donors (Lipinski definition) is 1. The second-order valence-corrected chi connectivity index (χ2v) is 10.3. The van der Waals surface area contributed by atoms with Crippen LogP contribution in [0, 0.1) is 11.6 Å². The van der Waals surface area contributed by atoms with Crippen LogP contribution in [0.4, 0.5) is 14.5 Å². The maximum absolute atomic E-state index is 13.4. The highest BCUT2D eigenvalue weighted by atomic mass is 32.2. The molecular weight excluding hydrogens is 460 g/mol. The van der Waals surface area contributed by atoms with E-state index in [-0.39, 0.29) is 34.3 Å². The minimum atomic E-state index is -4.08. The van der Waals surface area contributed by atoms with Gasteiger partial charge in [0, 0.05) is 32.1 Å². The van der Waals surface area contributed by atoms with Crippen LogP contribution in [0.2, 0.25) is 0 Å². The Labute approximate surface area is 187 Å². The van der Waals surface area contributed by atoms with Crippen molar-refractivity contribution >= 4 is 43.2 Å². The lowest BCUT2D eigenvalue weighted by Gasteiger charge is -2.26. The van der Waals surface area contributed by atoms with E-state index in [1.54, 1.807) is 0 Å². The van der Waals surface area contributed by atoms with Crippen LogP contribution in [-0.4, -0.2) is 36.9 Å². The quantitative estimate of drug-likeness (QED) is 0.583. The number of nitrogens with zero attached hydrogens (tertiary/aromatic N) is 2. The fourth-order valence-electron chi connectivity index (χ4n) is 3.71. The third kappa shape index (κ3) is 4.68. The molecule has 1 aliphatic heterocycles. The van der Waals surface area contributed by atoms with E-state index in [2.05, 4.69) is 4.72 Å². The summed E-state index contributed by atoms with van der Waals surface area (Å²) in [4.78, 5) is 26.3. The van der Waals surface area contributed by atoms with Crippen molar-refractivity contribution in [3.8, 4) is 0 Å². The Morgan fingerprint density at radius 1 is 1.03 bits per heavy atom. The van der Waals surface area contributed by atoms with Crippen LogP contribution in [0.5, 0.6) is 0 Å². The lowest BCUT2D eigenvalue weighted by atomic mass is 10.1. The summed E-state index contributed by atoms with van der Waals surface area (Å²) in [6, 6.07) is 6.89. The molecule has 0 unspecified atom stereocenters. The number of anilines is 1. The fourth-order valence-corrected chi connectivity index (χ4v) is 5.81. The molecule has 1 aliphatic rings. The molecule has 1 saturated heterocycles. The first kappa shape index (κ1) is 22.4. The summed E-state index contributed by atoms with van der Waals surface area (Å²) in [5, 5.41) is 0. The Balaban J connectivity index is 1.54. The first-order chi connectivity index (χ1) is 15.2. The number of carbonyl (C=O) groups excluding carboxylic acids is 1. The van der Waals surface area contributed by atoms with Gasteiger partial charge in [-0.25, -0.2) is 17.2 Å². The molecule has 0 atom stereocenters. The van der Waals surface area contributed by atoms with E-state index in [1.165, 1.54) is 22.8 Å². The van der Waals surface area contributed by atoms with E-state index in [1.807, 2.05) is 4.90 Å². The number of aromatic nitrogens is 1. The summed E-state index contributed by atoms with van der Waals surface area (Å²) >= 11 is 0.888. The molecule has 0 saturated carbocycles. The number of hydrogen-bond acceptors (Lipinski definition) is 5. The van der Waals surface area contributed by atoms with Gasteiger partial charge in [0.25, 0.3) is 10.0 Å². The van der Waals surface area contributed by atoms with Gasteiger partial charge >= 0.3 is 4.87 Å². The van der Waals surface area contributed by atoms with Gasteiger partial charge in [-0.1, -0.05) is 11.3 Å². The monoisotopic (exact) mass is 481 g/mol. The third-order valence-electron chi connectivity index (χ3n) is 5.38. The number of fused-ring (bicyclic) bond motifs is 1. The van der Waals surface area contributed by atoms with Crippen LogP contribution < -0.4 is 9.60 Å². The second-order valence-electron chi connectivity index (χ2n) is 7.57. The van der Waals surface area contributed by atoms with E-state index in [0.29, 0.717) is 10.2 Å². The van der Waals surface area contributed by atoms with E-state index in [4.69, 9.17) is 0 Å². The van der Waals surface area contributed by atoms with Crippen molar-refractivity contribution in [1.82, 2.24) is 9.47 Å². The van der Waals surface area contributed by atoms with Gasteiger partial charge in [0.1, 0.15) is 0 Å². The zero-order valence-corrected chi connectivity index (χ0v) is 18.6. The summed E-state index contributed by atoms with van der Waals surface area (Å²) in [7, 11) is -4.08. The number of halogens is 2. The van der Waals surface area contributed by atoms with Gasteiger partial charge in [-0.15, -0.1) is 0 Å². The molecule has 32 heavy (non-hydrogen) atoms. The first-order valence-electron chi connectivity index (χ1n) is 10.1. The summed E-state index contributed by atoms with van der Waals surface area (Å²) in [5.41, 5.74) is 0.421. The maximum atomic E-state index is 13.4. The second kappa shape index (κ2) is 8.99. The third-order valence-corrected chi connectivity index (χ3v) is 7.70. The normalized spacial score (nSPS) is 14.6. The van der Waals surface area contributed by atoms with Crippen LogP contribution in [0.25, 0.3) is 10.2 Å². The molecule has 2 heterocycles. The average Bonchev–Trinajstić information content (AvgIpc) is 3.09. The van der Waals surface area contributed by atoms with Gasteiger partial charge in [0.15, 0.2) is 11.6 Å². The van der Waals surface area contributed by atoms with Gasteiger partial charge in [-0.3, -0.25) is 18.9 Å². The highest BCUT2D eigenvalue weighted by Gasteiger charge is 2.20. The Hall–Kier alpha value is -2.79. The van der Waals surface area contributed by atoms with Crippen LogP contribution >= 0.6 is 11.3 Å².